The molecule has 9 heteroatoms. The first-order valence-electron chi connectivity index (χ1n) is 10.1. The van der Waals surface area contributed by atoms with Crippen LogP contribution in [0, 0.1) is 6.92 Å². The molecule has 3 heterocycles. The number of H-pyrrole nitrogens is 1. The fourth-order valence-corrected chi connectivity index (χ4v) is 2.96. The van der Waals surface area contributed by atoms with E-state index in [0.29, 0.717) is 37.0 Å². The number of hydrogen-bond donors (Lipinski definition) is 3. The molecule has 3 aromatic heterocycles. The molecule has 0 saturated heterocycles. The number of aromatic amines is 1. The summed E-state index contributed by atoms with van der Waals surface area (Å²) in [6, 6.07) is 7.42. The summed E-state index contributed by atoms with van der Waals surface area (Å²) in [5, 5.41) is 13.5. The number of nitrogens with one attached hydrogen (secondary N) is 2. The molecule has 0 amide bonds. The van der Waals surface area contributed by atoms with Crippen LogP contribution in [-0.2, 0) is 6.54 Å². The maximum absolute atomic E-state index is 12.4. The minimum atomic E-state index is -1.08. The van der Waals surface area contributed by atoms with Crippen molar-refractivity contribution in [1.29, 1.82) is 0 Å². The lowest BCUT2D eigenvalue weighted by Gasteiger charge is -2.12. The highest BCUT2D eigenvalue weighted by Crippen LogP contribution is 2.18. The van der Waals surface area contributed by atoms with Gasteiger partial charge in [-0.25, -0.2) is 9.97 Å². The zero-order chi connectivity index (χ0) is 22.2. The number of aliphatic hydroxyl groups is 1. The van der Waals surface area contributed by atoms with Gasteiger partial charge in [0.15, 0.2) is 0 Å². The molecule has 0 aliphatic heterocycles. The second-order valence-corrected chi connectivity index (χ2v) is 7.52. The standard InChI is InChI=1S/C22H28N6O3/c1-15-5-6-17(12-25-15)20(29)18-13-26-22(27-21(18)30)24-8-4-10-31-19-11-16(7-9-23-19)14-28(2)3/h5-7,9,11-13,20,29H,4,8,10,14H2,1-3H3,(H2,24,26,27,30). The third kappa shape index (κ3) is 6.59. The minimum absolute atomic E-state index is 0.170. The van der Waals surface area contributed by atoms with Gasteiger partial charge in [-0.2, -0.15) is 0 Å². The monoisotopic (exact) mass is 424 g/mol. The smallest absolute Gasteiger partial charge is 0.258 e. The normalized spacial score (nSPS) is 12.0. The van der Waals surface area contributed by atoms with Crippen LogP contribution in [0.15, 0.2) is 47.7 Å². The number of aromatic nitrogens is 4. The highest BCUT2D eigenvalue weighted by Gasteiger charge is 2.15. The molecule has 0 fully saturated rings. The Kier molecular flexibility index (Phi) is 7.69. The summed E-state index contributed by atoms with van der Waals surface area (Å²) in [5.74, 6) is 0.934. The van der Waals surface area contributed by atoms with Crippen molar-refractivity contribution < 1.29 is 9.84 Å². The van der Waals surface area contributed by atoms with Crippen LogP contribution in [0.2, 0.25) is 0 Å². The van der Waals surface area contributed by atoms with E-state index in [9.17, 15) is 9.90 Å². The second kappa shape index (κ2) is 10.6. The number of pyridine rings is 2. The molecule has 0 radical (unpaired) electrons. The summed E-state index contributed by atoms with van der Waals surface area (Å²) in [5.41, 5.74) is 2.29. The van der Waals surface area contributed by atoms with E-state index in [0.717, 1.165) is 17.8 Å². The van der Waals surface area contributed by atoms with Crippen LogP contribution < -0.4 is 15.6 Å². The SMILES string of the molecule is Cc1ccc(C(O)c2cnc(NCCCOc3cc(CN(C)C)ccn3)[nH]c2=O)cn1. The highest BCUT2D eigenvalue weighted by molar-refractivity contribution is 5.30. The van der Waals surface area contributed by atoms with Gasteiger partial charge in [-0.3, -0.25) is 14.8 Å². The Balaban J connectivity index is 1.47. The van der Waals surface area contributed by atoms with Gasteiger partial charge >= 0.3 is 0 Å². The van der Waals surface area contributed by atoms with Gasteiger partial charge in [-0.05, 0) is 45.1 Å². The van der Waals surface area contributed by atoms with Crippen molar-refractivity contribution in [2.24, 2.45) is 0 Å². The fourth-order valence-electron chi connectivity index (χ4n) is 2.96. The lowest BCUT2D eigenvalue weighted by molar-refractivity contribution is 0.217. The number of aliphatic hydroxyl groups excluding tert-OH is 1. The van der Waals surface area contributed by atoms with Crippen molar-refractivity contribution in [2.75, 3.05) is 32.6 Å². The molecule has 0 aliphatic rings. The quantitative estimate of drug-likeness (QED) is 0.423. The lowest BCUT2D eigenvalue weighted by atomic mass is 10.1. The fraction of sp³-hybridized carbons (Fsp3) is 0.364. The van der Waals surface area contributed by atoms with E-state index in [4.69, 9.17) is 4.74 Å². The molecule has 9 nitrogen and oxygen atoms in total. The third-order valence-electron chi connectivity index (χ3n) is 4.53. The number of rotatable bonds is 10. The molecule has 0 bridgehead atoms. The molecule has 31 heavy (non-hydrogen) atoms. The van der Waals surface area contributed by atoms with Gasteiger partial charge in [-0.15, -0.1) is 0 Å². The van der Waals surface area contributed by atoms with E-state index in [1.807, 2.05) is 33.2 Å². The highest BCUT2D eigenvalue weighted by atomic mass is 16.5. The topological polar surface area (TPSA) is 116 Å². The first kappa shape index (κ1) is 22.4. The van der Waals surface area contributed by atoms with Gasteiger partial charge in [0.1, 0.15) is 6.10 Å². The minimum Gasteiger partial charge on any atom is -0.478 e. The van der Waals surface area contributed by atoms with E-state index in [1.165, 1.54) is 6.20 Å². The van der Waals surface area contributed by atoms with Crippen LogP contribution in [-0.4, -0.2) is 57.2 Å². The summed E-state index contributed by atoms with van der Waals surface area (Å²) < 4.78 is 5.70. The van der Waals surface area contributed by atoms with E-state index in [2.05, 4.69) is 30.2 Å². The molecular weight excluding hydrogens is 396 g/mol. The third-order valence-corrected chi connectivity index (χ3v) is 4.53. The maximum atomic E-state index is 12.4. The van der Waals surface area contributed by atoms with Crippen molar-refractivity contribution in [3.8, 4) is 5.88 Å². The summed E-state index contributed by atoms with van der Waals surface area (Å²) in [6.45, 7) is 3.72. The molecule has 1 atom stereocenters. The number of hydrogen-bond acceptors (Lipinski definition) is 8. The summed E-state index contributed by atoms with van der Waals surface area (Å²) in [7, 11) is 4.02. The zero-order valence-electron chi connectivity index (χ0n) is 18.0. The van der Waals surface area contributed by atoms with Crippen molar-refractivity contribution in [1.82, 2.24) is 24.8 Å². The van der Waals surface area contributed by atoms with Crippen molar-refractivity contribution in [3.05, 3.63) is 75.6 Å². The Bertz CT molecular complexity index is 1040. The molecule has 0 aromatic carbocycles. The number of aryl methyl sites for hydroxylation is 1. The van der Waals surface area contributed by atoms with Crippen LogP contribution in [0.5, 0.6) is 5.88 Å². The van der Waals surface area contributed by atoms with Crippen LogP contribution >= 0.6 is 0 Å². The Morgan fingerprint density at radius 2 is 2.03 bits per heavy atom. The molecule has 0 spiro atoms. The first-order valence-corrected chi connectivity index (χ1v) is 10.1. The molecule has 3 aromatic rings. The summed E-state index contributed by atoms with van der Waals surface area (Å²) in [6.07, 6.45) is 4.29. The van der Waals surface area contributed by atoms with E-state index in [1.54, 1.807) is 24.5 Å². The molecule has 1 unspecified atom stereocenters. The largest absolute Gasteiger partial charge is 0.478 e. The van der Waals surface area contributed by atoms with Gasteiger partial charge in [0.2, 0.25) is 11.8 Å². The van der Waals surface area contributed by atoms with Crippen LogP contribution in [0.1, 0.15) is 34.9 Å². The molecule has 3 rings (SSSR count). The van der Waals surface area contributed by atoms with Gasteiger partial charge in [0, 0.05) is 49.0 Å². The van der Waals surface area contributed by atoms with Gasteiger partial charge < -0.3 is 20.1 Å². The number of nitrogens with zero attached hydrogens (tertiary/aromatic N) is 4. The Labute approximate surface area is 181 Å². The van der Waals surface area contributed by atoms with Gasteiger partial charge in [-0.1, -0.05) is 6.07 Å². The van der Waals surface area contributed by atoms with Crippen LogP contribution in [0.4, 0.5) is 5.95 Å². The Morgan fingerprint density at radius 1 is 1.19 bits per heavy atom. The second-order valence-electron chi connectivity index (χ2n) is 7.52. The van der Waals surface area contributed by atoms with Crippen LogP contribution in [0.25, 0.3) is 0 Å². The summed E-state index contributed by atoms with van der Waals surface area (Å²) >= 11 is 0. The Morgan fingerprint density at radius 3 is 2.74 bits per heavy atom. The predicted octanol–water partition coefficient (Wildman–Crippen LogP) is 1.89. The molecule has 164 valence electrons. The maximum Gasteiger partial charge on any atom is 0.258 e. The predicted molar refractivity (Wildman–Crippen MR) is 118 cm³/mol. The van der Waals surface area contributed by atoms with Crippen LogP contribution in [0.3, 0.4) is 0 Å². The average Bonchev–Trinajstić information content (AvgIpc) is 2.73. The molecule has 3 N–H and O–H groups in total. The van der Waals surface area contributed by atoms with Crippen molar-refractivity contribution in [2.45, 2.75) is 26.0 Å². The van der Waals surface area contributed by atoms with E-state index < -0.39 is 11.7 Å². The zero-order valence-corrected chi connectivity index (χ0v) is 18.0. The van der Waals surface area contributed by atoms with Crippen molar-refractivity contribution in [3.63, 3.8) is 0 Å². The van der Waals surface area contributed by atoms with Crippen molar-refractivity contribution >= 4 is 5.95 Å². The van der Waals surface area contributed by atoms with Gasteiger partial charge in [0.25, 0.3) is 5.56 Å². The summed E-state index contributed by atoms with van der Waals surface area (Å²) in [4.78, 5) is 29.7. The average molecular weight is 425 g/mol. The van der Waals surface area contributed by atoms with Gasteiger partial charge in [0.05, 0.1) is 12.2 Å². The molecular formula is C22H28N6O3. The molecule has 0 saturated carbocycles. The molecule has 0 aliphatic carbocycles. The first-order chi connectivity index (χ1) is 14.9. The van der Waals surface area contributed by atoms with E-state index >= 15 is 0 Å². The number of ether oxygens (including phenoxy) is 1. The number of anilines is 1. The van der Waals surface area contributed by atoms with E-state index in [-0.39, 0.29) is 5.56 Å². The Hall–Kier alpha value is -3.30. The lowest BCUT2D eigenvalue weighted by Crippen LogP contribution is -2.20.